The molecule has 31 heavy (non-hydrogen) atoms. The SMILES string of the molecule is CCCCc1ccc([C@H]2CC[C@H](OC[C@H]3CC[C@H](/C=C/C=C(\F)C#N)CC3)CC2)cc1. The maximum atomic E-state index is 12.8. The van der Waals surface area contributed by atoms with Gasteiger partial charge in [0.15, 0.2) is 5.83 Å². The number of allylic oxidation sites excluding steroid dienone is 4. The van der Waals surface area contributed by atoms with Crippen LogP contribution in [0.25, 0.3) is 0 Å². The first-order chi connectivity index (χ1) is 15.2. The predicted octanol–water partition coefficient (Wildman–Crippen LogP) is 7.81. The van der Waals surface area contributed by atoms with E-state index < -0.39 is 5.83 Å². The van der Waals surface area contributed by atoms with Crippen molar-refractivity contribution >= 4 is 0 Å². The molecule has 168 valence electrons. The van der Waals surface area contributed by atoms with E-state index in [-0.39, 0.29) is 0 Å². The number of rotatable bonds is 9. The first-order valence-electron chi connectivity index (χ1n) is 12.3. The second kappa shape index (κ2) is 12.8. The average Bonchev–Trinajstić information content (AvgIpc) is 2.83. The zero-order chi connectivity index (χ0) is 21.9. The van der Waals surface area contributed by atoms with Crippen LogP contribution in [0.4, 0.5) is 4.39 Å². The average molecular weight is 424 g/mol. The van der Waals surface area contributed by atoms with E-state index in [1.54, 1.807) is 6.08 Å². The van der Waals surface area contributed by atoms with E-state index in [1.807, 2.05) is 6.08 Å². The molecule has 3 heteroatoms. The van der Waals surface area contributed by atoms with Crippen LogP contribution in [-0.4, -0.2) is 12.7 Å². The molecule has 0 spiro atoms. The summed E-state index contributed by atoms with van der Waals surface area (Å²) < 4.78 is 19.2. The summed E-state index contributed by atoms with van der Waals surface area (Å²) in [7, 11) is 0. The van der Waals surface area contributed by atoms with Gasteiger partial charge in [-0.3, -0.25) is 0 Å². The molecule has 2 aliphatic rings. The Hall–Kier alpha value is -1.92. The van der Waals surface area contributed by atoms with E-state index in [9.17, 15) is 4.39 Å². The summed E-state index contributed by atoms with van der Waals surface area (Å²) >= 11 is 0. The van der Waals surface area contributed by atoms with Crippen LogP contribution in [0.15, 0.2) is 48.3 Å². The number of hydrogen-bond donors (Lipinski definition) is 0. The van der Waals surface area contributed by atoms with Gasteiger partial charge in [-0.1, -0.05) is 49.8 Å². The summed E-state index contributed by atoms with van der Waals surface area (Å²) in [5, 5.41) is 8.44. The third-order valence-corrected chi connectivity index (χ3v) is 7.14. The van der Waals surface area contributed by atoms with Crippen LogP contribution in [0.2, 0.25) is 0 Å². The van der Waals surface area contributed by atoms with Gasteiger partial charge < -0.3 is 4.74 Å². The zero-order valence-electron chi connectivity index (χ0n) is 19.1. The molecule has 2 saturated carbocycles. The third kappa shape index (κ3) is 7.93. The number of benzene rings is 1. The van der Waals surface area contributed by atoms with Gasteiger partial charge in [0.25, 0.3) is 0 Å². The molecule has 3 rings (SSSR count). The standard InChI is InChI=1S/C28H38FNO/c1-2-3-5-22-12-14-25(15-13-22)26-16-18-28(19-17-26)31-21-24-10-8-23(9-11-24)6-4-7-27(29)20-30/h4,6-7,12-15,23-24,26,28H,2-3,5,8-11,16-19,21H2,1H3/b6-4+,27-7-/t23-,24-,26-,28-. The highest BCUT2D eigenvalue weighted by Gasteiger charge is 2.25. The van der Waals surface area contributed by atoms with Gasteiger partial charge in [0, 0.05) is 6.61 Å². The number of unbranched alkanes of at least 4 members (excludes halogenated alkanes) is 1. The molecule has 2 nitrogen and oxygen atoms in total. The minimum atomic E-state index is -0.725. The predicted molar refractivity (Wildman–Crippen MR) is 125 cm³/mol. The fourth-order valence-corrected chi connectivity index (χ4v) is 5.05. The van der Waals surface area contributed by atoms with Crippen molar-refractivity contribution in [1.29, 1.82) is 5.26 Å². The molecule has 0 bridgehead atoms. The molecule has 0 unspecified atom stereocenters. The molecular formula is C28H38FNO. The van der Waals surface area contributed by atoms with Gasteiger partial charge in [-0.2, -0.15) is 9.65 Å². The number of nitrogens with zero attached hydrogens (tertiary/aromatic N) is 1. The molecule has 0 aromatic heterocycles. The molecule has 1 aromatic carbocycles. The first-order valence-corrected chi connectivity index (χ1v) is 12.3. The Morgan fingerprint density at radius 1 is 1.06 bits per heavy atom. The lowest BCUT2D eigenvalue weighted by Gasteiger charge is -2.32. The Morgan fingerprint density at radius 3 is 2.42 bits per heavy atom. The van der Waals surface area contributed by atoms with Gasteiger partial charge in [0.1, 0.15) is 6.07 Å². The highest BCUT2D eigenvalue weighted by molar-refractivity contribution is 5.26. The van der Waals surface area contributed by atoms with Crippen molar-refractivity contribution in [1.82, 2.24) is 0 Å². The molecule has 0 amide bonds. The lowest BCUT2D eigenvalue weighted by molar-refractivity contribution is -0.00337. The number of aryl methyl sites for hydroxylation is 1. The van der Waals surface area contributed by atoms with Gasteiger partial charge in [-0.15, -0.1) is 0 Å². The second-order valence-corrected chi connectivity index (χ2v) is 9.44. The van der Waals surface area contributed by atoms with E-state index in [2.05, 4.69) is 31.2 Å². The number of nitriles is 1. The molecule has 0 radical (unpaired) electrons. The number of ether oxygens (including phenoxy) is 1. The van der Waals surface area contributed by atoms with Crippen molar-refractivity contribution in [2.45, 2.75) is 89.6 Å². The maximum Gasteiger partial charge on any atom is 0.199 e. The summed E-state index contributed by atoms with van der Waals surface area (Å²) in [4.78, 5) is 0. The normalized spacial score (nSPS) is 27.3. The Morgan fingerprint density at radius 2 is 1.77 bits per heavy atom. The van der Waals surface area contributed by atoms with Crippen LogP contribution >= 0.6 is 0 Å². The Balaban J connectivity index is 1.32. The highest BCUT2D eigenvalue weighted by Crippen LogP contribution is 2.35. The smallest absolute Gasteiger partial charge is 0.199 e. The Bertz CT molecular complexity index is 744. The van der Waals surface area contributed by atoms with Crippen LogP contribution in [0.3, 0.4) is 0 Å². The van der Waals surface area contributed by atoms with Gasteiger partial charge in [-0.05, 0) is 99.2 Å². The molecule has 2 aliphatic carbocycles. The lowest BCUT2D eigenvalue weighted by Crippen LogP contribution is -2.25. The first kappa shape index (κ1) is 23.7. The largest absolute Gasteiger partial charge is 0.378 e. The summed E-state index contributed by atoms with van der Waals surface area (Å²) in [6.07, 6.45) is 18.6. The monoisotopic (exact) mass is 423 g/mol. The van der Waals surface area contributed by atoms with Crippen LogP contribution in [-0.2, 0) is 11.2 Å². The molecular weight excluding hydrogens is 385 g/mol. The third-order valence-electron chi connectivity index (χ3n) is 7.14. The molecule has 2 fully saturated rings. The zero-order valence-corrected chi connectivity index (χ0v) is 19.1. The minimum absolute atomic E-state index is 0.428. The van der Waals surface area contributed by atoms with Gasteiger partial charge in [0.2, 0.25) is 0 Å². The summed E-state index contributed by atoms with van der Waals surface area (Å²) in [5.41, 5.74) is 2.98. The summed E-state index contributed by atoms with van der Waals surface area (Å²) in [6.45, 7) is 3.14. The van der Waals surface area contributed by atoms with Gasteiger partial charge in [0.05, 0.1) is 6.10 Å². The van der Waals surface area contributed by atoms with E-state index in [1.165, 1.54) is 81.1 Å². The molecule has 1 aromatic rings. The van der Waals surface area contributed by atoms with E-state index in [0.717, 1.165) is 19.4 Å². The van der Waals surface area contributed by atoms with Crippen molar-refractivity contribution in [2.24, 2.45) is 11.8 Å². The number of hydrogen-bond acceptors (Lipinski definition) is 2. The Labute approximate surface area is 188 Å². The molecule has 0 aliphatic heterocycles. The van der Waals surface area contributed by atoms with Crippen molar-refractivity contribution in [3.8, 4) is 6.07 Å². The maximum absolute atomic E-state index is 12.8. The van der Waals surface area contributed by atoms with Crippen molar-refractivity contribution in [3.05, 3.63) is 59.4 Å². The fourth-order valence-electron chi connectivity index (χ4n) is 5.05. The lowest BCUT2D eigenvalue weighted by atomic mass is 9.81. The fraction of sp³-hybridized carbons (Fsp3) is 0.607. The molecule has 0 atom stereocenters. The second-order valence-electron chi connectivity index (χ2n) is 9.44. The van der Waals surface area contributed by atoms with Crippen molar-refractivity contribution in [2.75, 3.05) is 6.61 Å². The molecule has 0 heterocycles. The number of halogens is 1. The molecule has 0 N–H and O–H groups in total. The van der Waals surface area contributed by atoms with Crippen molar-refractivity contribution < 1.29 is 9.13 Å². The van der Waals surface area contributed by atoms with Crippen LogP contribution in [0.1, 0.15) is 88.2 Å². The van der Waals surface area contributed by atoms with Gasteiger partial charge in [-0.25, -0.2) is 0 Å². The molecule has 0 saturated heterocycles. The van der Waals surface area contributed by atoms with Gasteiger partial charge >= 0.3 is 0 Å². The van der Waals surface area contributed by atoms with E-state index in [0.29, 0.717) is 23.9 Å². The van der Waals surface area contributed by atoms with Crippen LogP contribution in [0.5, 0.6) is 0 Å². The van der Waals surface area contributed by atoms with Crippen LogP contribution in [0, 0.1) is 23.2 Å². The minimum Gasteiger partial charge on any atom is -0.378 e. The van der Waals surface area contributed by atoms with E-state index in [4.69, 9.17) is 10.00 Å². The van der Waals surface area contributed by atoms with Crippen LogP contribution < -0.4 is 0 Å². The van der Waals surface area contributed by atoms with Crippen molar-refractivity contribution in [3.63, 3.8) is 0 Å². The quantitative estimate of drug-likeness (QED) is 0.300. The summed E-state index contributed by atoms with van der Waals surface area (Å²) in [5.74, 6) is 1.13. The Kier molecular flexibility index (Phi) is 9.82. The summed E-state index contributed by atoms with van der Waals surface area (Å²) in [6, 6.07) is 10.9. The van der Waals surface area contributed by atoms with E-state index >= 15 is 0 Å². The highest BCUT2D eigenvalue weighted by atomic mass is 19.1. The topological polar surface area (TPSA) is 33.0 Å².